The topological polar surface area (TPSA) is 37.8 Å². The highest BCUT2D eigenvalue weighted by atomic mass is 79.9. The van der Waals surface area contributed by atoms with Crippen molar-refractivity contribution in [2.24, 2.45) is 0 Å². The molecule has 106 valence electrons. The third-order valence-electron chi connectivity index (χ3n) is 2.71. The van der Waals surface area contributed by atoms with Crippen molar-refractivity contribution in [3.8, 4) is 0 Å². The first-order valence-electron chi connectivity index (χ1n) is 6.64. The highest BCUT2D eigenvalue weighted by Crippen LogP contribution is 2.32. The number of benzene rings is 1. The first-order valence-corrected chi connectivity index (χ1v) is 8.25. The SMILES string of the molecule is CCCNCc1ccc(Sc2ncc(C)cn2)c(Br)c1. The molecule has 20 heavy (non-hydrogen) atoms. The van der Waals surface area contributed by atoms with Crippen molar-refractivity contribution < 1.29 is 0 Å². The molecule has 3 nitrogen and oxygen atoms in total. The van der Waals surface area contributed by atoms with Crippen LogP contribution in [0, 0.1) is 6.92 Å². The predicted molar refractivity (Wildman–Crippen MR) is 87.0 cm³/mol. The minimum absolute atomic E-state index is 0.771. The van der Waals surface area contributed by atoms with Gasteiger partial charge in [-0.1, -0.05) is 13.0 Å². The van der Waals surface area contributed by atoms with E-state index in [9.17, 15) is 0 Å². The molecule has 0 aliphatic rings. The molecule has 0 bridgehead atoms. The van der Waals surface area contributed by atoms with Crippen LogP contribution >= 0.6 is 27.7 Å². The zero-order valence-electron chi connectivity index (χ0n) is 11.7. The first-order chi connectivity index (χ1) is 9.69. The highest BCUT2D eigenvalue weighted by molar-refractivity contribution is 9.10. The van der Waals surface area contributed by atoms with Gasteiger partial charge in [0.2, 0.25) is 0 Å². The Morgan fingerprint density at radius 2 is 2.00 bits per heavy atom. The Labute approximate surface area is 132 Å². The maximum absolute atomic E-state index is 4.32. The molecule has 0 atom stereocenters. The Balaban J connectivity index is 2.03. The van der Waals surface area contributed by atoms with E-state index >= 15 is 0 Å². The number of nitrogens with one attached hydrogen (secondary N) is 1. The van der Waals surface area contributed by atoms with Gasteiger partial charge in [0, 0.05) is 28.3 Å². The quantitative estimate of drug-likeness (QED) is 0.625. The molecule has 0 aliphatic carbocycles. The van der Waals surface area contributed by atoms with Crippen molar-refractivity contribution >= 4 is 27.7 Å². The van der Waals surface area contributed by atoms with Gasteiger partial charge < -0.3 is 5.32 Å². The van der Waals surface area contributed by atoms with E-state index in [0.717, 1.165) is 39.6 Å². The minimum atomic E-state index is 0.771. The summed E-state index contributed by atoms with van der Waals surface area (Å²) in [5.41, 5.74) is 2.35. The fourth-order valence-corrected chi connectivity index (χ4v) is 3.05. The van der Waals surface area contributed by atoms with Gasteiger partial charge >= 0.3 is 0 Å². The molecule has 1 N–H and O–H groups in total. The smallest absolute Gasteiger partial charge is 0.192 e. The number of hydrogen-bond acceptors (Lipinski definition) is 4. The van der Waals surface area contributed by atoms with Crippen LogP contribution in [0.2, 0.25) is 0 Å². The Hall–Kier alpha value is -0.910. The lowest BCUT2D eigenvalue weighted by Crippen LogP contribution is -2.13. The largest absolute Gasteiger partial charge is 0.313 e. The van der Waals surface area contributed by atoms with E-state index in [1.807, 2.05) is 19.3 Å². The molecule has 0 fully saturated rings. The van der Waals surface area contributed by atoms with Crippen LogP contribution in [0.5, 0.6) is 0 Å². The lowest BCUT2D eigenvalue weighted by atomic mass is 10.2. The van der Waals surface area contributed by atoms with E-state index in [1.165, 1.54) is 5.56 Å². The van der Waals surface area contributed by atoms with Gasteiger partial charge in [-0.05, 0) is 70.8 Å². The first kappa shape index (κ1) is 15.5. The second-order valence-electron chi connectivity index (χ2n) is 4.59. The third kappa shape index (κ3) is 4.58. The standard InChI is InChI=1S/C15H18BrN3S/c1-3-6-17-10-12-4-5-14(13(16)7-12)20-15-18-8-11(2)9-19-15/h4-5,7-9,17H,3,6,10H2,1-2H3. The summed E-state index contributed by atoms with van der Waals surface area (Å²) in [6.45, 7) is 6.11. The Morgan fingerprint density at radius 1 is 1.25 bits per heavy atom. The summed E-state index contributed by atoms with van der Waals surface area (Å²) < 4.78 is 1.09. The highest BCUT2D eigenvalue weighted by Gasteiger charge is 2.05. The minimum Gasteiger partial charge on any atom is -0.313 e. The van der Waals surface area contributed by atoms with Gasteiger partial charge in [0.05, 0.1) is 0 Å². The van der Waals surface area contributed by atoms with Gasteiger partial charge in [-0.2, -0.15) is 0 Å². The predicted octanol–water partition coefficient (Wildman–Crippen LogP) is 4.20. The molecule has 0 saturated carbocycles. The zero-order chi connectivity index (χ0) is 14.4. The van der Waals surface area contributed by atoms with Gasteiger partial charge in [0.1, 0.15) is 0 Å². The van der Waals surface area contributed by atoms with Crippen molar-refractivity contribution in [1.82, 2.24) is 15.3 Å². The van der Waals surface area contributed by atoms with Gasteiger partial charge in [0.15, 0.2) is 5.16 Å². The molecule has 2 rings (SSSR count). The van der Waals surface area contributed by atoms with E-state index in [-0.39, 0.29) is 0 Å². The lowest BCUT2D eigenvalue weighted by Gasteiger charge is -2.07. The summed E-state index contributed by atoms with van der Waals surface area (Å²) in [6, 6.07) is 6.41. The summed E-state index contributed by atoms with van der Waals surface area (Å²) in [6.07, 6.45) is 4.83. The Morgan fingerprint density at radius 3 is 2.65 bits per heavy atom. The van der Waals surface area contributed by atoms with Crippen LogP contribution in [-0.2, 0) is 6.54 Å². The Bertz CT molecular complexity index is 558. The summed E-state index contributed by atoms with van der Waals surface area (Å²) in [7, 11) is 0. The molecule has 0 amide bonds. The second-order valence-corrected chi connectivity index (χ2v) is 6.45. The van der Waals surface area contributed by atoms with Gasteiger partial charge in [0.25, 0.3) is 0 Å². The van der Waals surface area contributed by atoms with Crippen molar-refractivity contribution in [3.63, 3.8) is 0 Å². The van der Waals surface area contributed by atoms with Crippen LogP contribution in [0.25, 0.3) is 0 Å². The molecular formula is C15H18BrN3S. The fourth-order valence-electron chi connectivity index (χ4n) is 1.68. The van der Waals surface area contributed by atoms with Crippen molar-refractivity contribution in [2.75, 3.05) is 6.54 Å². The van der Waals surface area contributed by atoms with E-state index in [2.05, 4.69) is 56.3 Å². The number of halogens is 1. The van der Waals surface area contributed by atoms with Crippen LogP contribution in [0.1, 0.15) is 24.5 Å². The van der Waals surface area contributed by atoms with E-state index in [0.29, 0.717) is 0 Å². The van der Waals surface area contributed by atoms with Gasteiger partial charge in [-0.15, -0.1) is 0 Å². The molecule has 1 aromatic carbocycles. The molecule has 0 saturated heterocycles. The summed E-state index contributed by atoms with van der Waals surface area (Å²) in [4.78, 5) is 9.77. The lowest BCUT2D eigenvalue weighted by molar-refractivity contribution is 0.675. The number of aromatic nitrogens is 2. The molecule has 1 heterocycles. The van der Waals surface area contributed by atoms with Crippen LogP contribution in [0.3, 0.4) is 0 Å². The van der Waals surface area contributed by atoms with Gasteiger partial charge in [-0.25, -0.2) is 9.97 Å². The number of nitrogens with zero attached hydrogens (tertiary/aromatic N) is 2. The number of rotatable bonds is 6. The second kappa shape index (κ2) is 7.76. The summed E-state index contributed by atoms with van der Waals surface area (Å²) in [5, 5.41) is 4.17. The van der Waals surface area contributed by atoms with E-state index < -0.39 is 0 Å². The molecule has 5 heteroatoms. The van der Waals surface area contributed by atoms with Crippen molar-refractivity contribution in [1.29, 1.82) is 0 Å². The molecule has 0 unspecified atom stereocenters. The normalized spacial score (nSPS) is 10.8. The van der Waals surface area contributed by atoms with E-state index in [4.69, 9.17) is 0 Å². The van der Waals surface area contributed by atoms with E-state index in [1.54, 1.807) is 11.8 Å². The fraction of sp³-hybridized carbons (Fsp3) is 0.333. The average molecular weight is 352 g/mol. The zero-order valence-corrected chi connectivity index (χ0v) is 14.1. The number of aryl methyl sites for hydroxylation is 1. The van der Waals surface area contributed by atoms with Crippen LogP contribution in [0.15, 0.2) is 45.1 Å². The Kier molecular flexibility index (Phi) is 6.01. The monoisotopic (exact) mass is 351 g/mol. The van der Waals surface area contributed by atoms with Gasteiger partial charge in [-0.3, -0.25) is 0 Å². The van der Waals surface area contributed by atoms with Crippen LogP contribution in [-0.4, -0.2) is 16.5 Å². The van der Waals surface area contributed by atoms with Crippen LogP contribution < -0.4 is 5.32 Å². The summed E-state index contributed by atoms with van der Waals surface area (Å²) >= 11 is 5.19. The molecule has 2 aromatic rings. The number of hydrogen-bond donors (Lipinski definition) is 1. The molecule has 0 aliphatic heterocycles. The van der Waals surface area contributed by atoms with Crippen molar-refractivity contribution in [2.45, 2.75) is 36.9 Å². The molecular weight excluding hydrogens is 334 g/mol. The third-order valence-corrected chi connectivity index (χ3v) is 4.60. The molecule has 0 radical (unpaired) electrons. The molecule has 1 aromatic heterocycles. The van der Waals surface area contributed by atoms with Crippen LogP contribution in [0.4, 0.5) is 0 Å². The maximum atomic E-state index is 4.32. The average Bonchev–Trinajstić information content (AvgIpc) is 2.44. The summed E-state index contributed by atoms with van der Waals surface area (Å²) in [5.74, 6) is 0. The molecule has 0 spiro atoms. The van der Waals surface area contributed by atoms with Crippen molar-refractivity contribution in [3.05, 3.63) is 46.2 Å². The maximum Gasteiger partial charge on any atom is 0.192 e.